The molecule has 0 fully saturated rings. The van der Waals surface area contributed by atoms with Crippen molar-refractivity contribution in [3.63, 3.8) is 0 Å². The van der Waals surface area contributed by atoms with Crippen molar-refractivity contribution in [1.82, 2.24) is 9.55 Å². The van der Waals surface area contributed by atoms with Gasteiger partial charge in [0.25, 0.3) is 11.5 Å². The average molecular weight is 417 g/mol. The van der Waals surface area contributed by atoms with E-state index in [2.05, 4.69) is 10.3 Å². The first-order valence-electron chi connectivity index (χ1n) is 8.56. The molecule has 0 saturated heterocycles. The second-order valence-electron chi connectivity index (χ2n) is 6.85. The molecule has 0 bridgehead atoms. The number of aryl methyl sites for hydroxylation is 1. The number of H-pyrrole nitrogens is 1. The maximum Gasteiger partial charge on any atom is 0.330 e. The number of thiophene rings is 1. The number of benzene rings is 1. The van der Waals surface area contributed by atoms with Crippen molar-refractivity contribution in [2.75, 3.05) is 12.4 Å². The normalized spacial score (nSPS) is 11.4. The van der Waals surface area contributed by atoms with Crippen LogP contribution in [-0.2, 0) is 10.3 Å². The fraction of sp³-hybridized carbons (Fsp3) is 0.263. The Bertz CT molecular complexity index is 1250. The van der Waals surface area contributed by atoms with Gasteiger partial charge in [-0.15, -0.1) is 11.3 Å². The van der Waals surface area contributed by atoms with E-state index in [0.717, 1.165) is 11.3 Å². The molecule has 0 saturated carbocycles. The molecule has 0 atom stereocenters. The number of nitrogens with zero attached hydrogens (tertiary/aromatic N) is 1. The van der Waals surface area contributed by atoms with Crippen LogP contribution in [0, 0.1) is 6.92 Å². The van der Waals surface area contributed by atoms with E-state index in [9.17, 15) is 24.3 Å². The quantitative estimate of drug-likeness (QED) is 0.583. The van der Waals surface area contributed by atoms with Gasteiger partial charge in [-0.05, 0) is 38.5 Å². The summed E-state index contributed by atoms with van der Waals surface area (Å²) >= 11 is 0.952. The van der Waals surface area contributed by atoms with Crippen LogP contribution in [0.2, 0.25) is 0 Å². The van der Waals surface area contributed by atoms with Crippen LogP contribution < -0.4 is 21.3 Å². The Morgan fingerprint density at radius 1 is 1.24 bits per heavy atom. The van der Waals surface area contributed by atoms with Gasteiger partial charge in [-0.2, -0.15) is 0 Å². The lowest BCUT2D eigenvalue weighted by Crippen LogP contribution is -2.50. The van der Waals surface area contributed by atoms with E-state index in [0.29, 0.717) is 21.6 Å². The number of rotatable bonds is 5. The number of carboxylic acid groups (broad SMARTS) is 1. The van der Waals surface area contributed by atoms with Crippen LogP contribution in [0.15, 0.2) is 33.9 Å². The van der Waals surface area contributed by atoms with Crippen LogP contribution in [-0.4, -0.2) is 33.6 Å². The average Bonchev–Trinajstić information content (AvgIpc) is 2.98. The number of amides is 1. The van der Waals surface area contributed by atoms with E-state index in [1.54, 1.807) is 31.2 Å². The molecule has 2 aromatic heterocycles. The topological polar surface area (TPSA) is 130 Å². The van der Waals surface area contributed by atoms with Crippen LogP contribution in [0.1, 0.15) is 29.1 Å². The number of aromatic amines is 1. The molecule has 0 unspecified atom stereocenters. The summed E-state index contributed by atoms with van der Waals surface area (Å²) in [6.45, 7) is 4.09. The first-order chi connectivity index (χ1) is 13.6. The second kappa shape index (κ2) is 7.21. The zero-order valence-corrected chi connectivity index (χ0v) is 17.0. The van der Waals surface area contributed by atoms with Gasteiger partial charge >= 0.3 is 11.7 Å². The van der Waals surface area contributed by atoms with Gasteiger partial charge in [0, 0.05) is 0 Å². The second-order valence-corrected chi connectivity index (χ2v) is 7.87. The third-order valence-corrected chi connectivity index (χ3v) is 5.84. The summed E-state index contributed by atoms with van der Waals surface area (Å²) in [4.78, 5) is 52.7. The third-order valence-electron chi connectivity index (χ3n) is 4.63. The molecule has 0 radical (unpaired) electrons. The molecule has 152 valence electrons. The van der Waals surface area contributed by atoms with E-state index < -0.39 is 28.7 Å². The molecule has 10 heteroatoms. The summed E-state index contributed by atoms with van der Waals surface area (Å²) in [5, 5.41) is 12.2. The number of ether oxygens (including phenoxy) is 1. The lowest BCUT2D eigenvalue weighted by molar-refractivity contribution is -0.146. The highest BCUT2D eigenvalue weighted by molar-refractivity contribution is 7.20. The lowest BCUT2D eigenvalue weighted by Gasteiger charge is -2.21. The van der Waals surface area contributed by atoms with Crippen molar-refractivity contribution >= 4 is 39.1 Å². The number of para-hydroxylation sites is 2. The summed E-state index contributed by atoms with van der Waals surface area (Å²) in [6, 6.07) is 6.86. The van der Waals surface area contributed by atoms with E-state index in [1.165, 1.54) is 21.0 Å². The highest BCUT2D eigenvalue weighted by Gasteiger charge is 2.34. The number of aromatic nitrogens is 2. The minimum Gasteiger partial charge on any atom is -0.495 e. The molecule has 9 nitrogen and oxygen atoms in total. The predicted molar refractivity (Wildman–Crippen MR) is 109 cm³/mol. The minimum atomic E-state index is -1.76. The zero-order valence-electron chi connectivity index (χ0n) is 16.2. The van der Waals surface area contributed by atoms with Crippen LogP contribution in [0.25, 0.3) is 10.2 Å². The number of hydrogen-bond donors (Lipinski definition) is 3. The molecule has 2 heterocycles. The maximum absolute atomic E-state index is 13.0. The Balaban J connectivity index is 2.15. The van der Waals surface area contributed by atoms with Gasteiger partial charge in [0.15, 0.2) is 0 Å². The van der Waals surface area contributed by atoms with Gasteiger partial charge in [0.05, 0.1) is 23.1 Å². The predicted octanol–water partition coefficient (Wildman–Crippen LogP) is 2.14. The molecule has 3 aromatic rings. The molecule has 3 rings (SSSR count). The lowest BCUT2D eigenvalue weighted by atomic mass is 10.1. The van der Waals surface area contributed by atoms with Crippen molar-refractivity contribution < 1.29 is 19.4 Å². The number of aliphatic carboxylic acids is 1. The van der Waals surface area contributed by atoms with Gasteiger partial charge in [0.2, 0.25) is 0 Å². The molecule has 3 N–H and O–H groups in total. The highest BCUT2D eigenvalue weighted by Crippen LogP contribution is 2.29. The number of carbonyl (C=O) groups is 2. The Labute approximate surface area is 168 Å². The van der Waals surface area contributed by atoms with Crippen molar-refractivity contribution in [2.45, 2.75) is 26.3 Å². The van der Waals surface area contributed by atoms with E-state index in [1.807, 2.05) is 0 Å². The first kappa shape index (κ1) is 20.3. The number of anilines is 1. The summed E-state index contributed by atoms with van der Waals surface area (Å²) in [7, 11) is 1.48. The molecule has 0 aliphatic carbocycles. The molecule has 0 aliphatic heterocycles. The number of methoxy groups -OCH3 is 1. The van der Waals surface area contributed by atoms with Gasteiger partial charge in [-0.25, -0.2) is 14.2 Å². The van der Waals surface area contributed by atoms with Crippen molar-refractivity contribution in [3.8, 4) is 5.75 Å². The van der Waals surface area contributed by atoms with Crippen molar-refractivity contribution in [3.05, 3.63) is 55.5 Å². The van der Waals surface area contributed by atoms with E-state index in [-0.39, 0.29) is 15.1 Å². The Morgan fingerprint density at radius 2 is 1.90 bits per heavy atom. The Kier molecular flexibility index (Phi) is 5.05. The van der Waals surface area contributed by atoms with Crippen LogP contribution in [0.5, 0.6) is 5.75 Å². The summed E-state index contributed by atoms with van der Waals surface area (Å²) in [6.07, 6.45) is 0. The Hall–Kier alpha value is -3.40. The fourth-order valence-electron chi connectivity index (χ4n) is 2.96. The van der Waals surface area contributed by atoms with E-state index >= 15 is 0 Å². The largest absolute Gasteiger partial charge is 0.495 e. The number of carbonyl (C=O) groups excluding carboxylic acids is 1. The smallest absolute Gasteiger partial charge is 0.330 e. The number of fused-ring (bicyclic) bond motifs is 1. The number of nitrogens with one attached hydrogen (secondary N) is 2. The van der Waals surface area contributed by atoms with Crippen molar-refractivity contribution in [2.24, 2.45) is 0 Å². The van der Waals surface area contributed by atoms with Gasteiger partial charge in [-0.1, -0.05) is 12.1 Å². The van der Waals surface area contributed by atoms with Crippen LogP contribution >= 0.6 is 11.3 Å². The molecule has 1 amide bonds. The molecule has 29 heavy (non-hydrogen) atoms. The van der Waals surface area contributed by atoms with Crippen molar-refractivity contribution in [1.29, 1.82) is 0 Å². The highest BCUT2D eigenvalue weighted by atomic mass is 32.1. The fourth-order valence-corrected chi connectivity index (χ4v) is 4.05. The standard InChI is InChI=1S/C19H19N3O6S/c1-9-12-15(21-18(27)22(16(12)24)19(2,3)17(25)26)29-13(9)14(23)20-10-7-5-6-8-11(10)28-4/h5-8H,1-4H3,(H,20,23)(H,21,27)(H,25,26). The zero-order chi connectivity index (χ0) is 21.5. The molecule has 0 spiro atoms. The summed E-state index contributed by atoms with van der Waals surface area (Å²) < 4.78 is 5.87. The summed E-state index contributed by atoms with van der Waals surface area (Å²) in [5.41, 5.74) is -2.56. The van der Waals surface area contributed by atoms with Crippen LogP contribution in [0.4, 0.5) is 5.69 Å². The molecule has 0 aliphatic rings. The Morgan fingerprint density at radius 3 is 2.52 bits per heavy atom. The molecule has 1 aromatic carbocycles. The van der Waals surface area contributed by atoms with E-state index in [4.69, 9.17) is 4.74 Å². The number of hydrogen-bond acceptors (Lipinski definition) is 6. The molecular weight excluding hydrogens is 398 g/mol. The maximum atomic E-state index is 13.0. The van der Waals surface area contributed by atoms with Gasteiger partial charge in [-0.3, -0.25) is 14.6 Å². The number of carboxylic acids is 1. The third kappa shape index (κ3) is 3.31. The van der Waals surface area contributed by atoms with Gasteiger partial charge < -0.3 is 15.2 Å². The molecular formula is C19H19N3O6S. The first-order valence-corrected chi connectivity index (χ1v) is 9.38. The summed E-state index contributed by atoms with van der Waals surface area (Å²) in [5.74, 6) is -1.33. The van der Waals surface area contributed by atoms with Gasteiger partial charge in [0.1, 0.15) is 16.1 Å². The van der Waals surface area contributed by atoms with Crippen LogP contribution in [0.3, 0.4) is 0 Å². The minimum absolute atomic E-state index is 0.106. The SMILES string of the molecule is COc1ccccc1NC(=O)c1sc2[nH]c(=O)n(C(C)(C)C(=O)O)c(=O)c2c1C. The monoisotopic (exact) mass is 417 g/mol.